The van der Waals surface area contributed by atoms with Gasteiger partial charge in [0.1, 0.15) is 5.82 Å². The first-order chi connectivity index (χ1) is 9.14. The Kier molecular flexibility index (Phi) is 2.50. The molecule has 1 aromatic rings. The second kappa shape index (κ2) is 4.02. The van der Waals surface area contributed by atoms with Crippen molar-refractivity contribution in [3.8, 4) is 0 Å². The molecule has 4 bridgehead atoms. The molecule has 4 aliphatic rings. The third kappa shape index (κ3) is 1.82. The highest BCUT2D eigenvalue weighted by atomic mass is 14.9. The SMILES string of the molecule is CC(N)c1nccc(C23CC4CC(CC(C4)C2)C3)n1. The Labute approximate surface area is 115 Å². The van der Waals surface area contributed by atoms with Gasteiger partial charge in [0.05, 0.1) is 11.7 Å². The Hall–Kier alpha value is -0.960. The van der Waals surface area contributed by atoms with Crippen molar-refractivity contribution >= 4 is 0 Å². The van der Waals surface area contributed by atoms with Gasteiger partial charge < -0.3 is 5.73 Å². The third-order valence-electron chi connectivity index (χ3n) is 5.66. The maximum Gasteiger partial charge on any atom is 0.144 e. The van der Waals surface area contributed by atoms with Crippen molar-refractivity contribution in [3.63, 3.8) is 0 Å². The first-order valence-electron chi connectivity index (χ1n) is 7.74. The lowest BCUT2D eigenvalue weighted by Crippen LogP contribution is -2.49. The summed E-state index contributed by atoms with van der Waals surface area (Å²) in [6, 6.07) is 2.09. The Bertz CT molecular complexity index is 459. The average molecular weight is 257 g/mol. The first-order valence-corrected chi connectivity index (χ1v) is 7.74. The summed E-state index contributed by atoms with van der Waals surface area (Å²) in [6.45, 7) is 1.97. The van der Waals surface area contributed by atoms with Crippen LogP contribution in [-0.4, -0.2) is 9.97 Å². The quantitative estimate of drug-likeness (QED) is 0.886. The molecule has 0 saturated heterocycles. The standard InChI is InChI=1S/C16H23N3/c1-10(17)15-18-3-2-14(19-15)16-7-11-4-12(8-16)6-13(5-11)9-16/h2-3,10-13H,4-9,17H2,1H3. The van der Waals surface area contributed by atoms with E-state index in [-0.39, 0.29) is 6.04 Å². The number of nitrogens with zero attached hydrogens (tertiary/aromatic N) is 2. The maximum atomic E-state index is 5.95. The van der Waals surface area contributed by atoms with Crippen molar-refractivity contribution in [2.75, 3.05) is 0 Å². The first kappa shape index (κ1) is 11.8. The molecule has 1 aromatic heterocycles. The molecule has 4 saturated carbocycles. The van der Waals surface area contributed by atoms with Crippen LogP contribution < -0.4 is 5.73 Å². The number of hydrogen-bond acceptors (Lipinski definition) is 3. The fourth-order valence-electron chi connectivity index (χ4n) is 5.31. The van der Waals surface area contributed by atoms with Gasteiger partial charge in [0.25, 0.3) is 0 Å². The Balaban J connectivity index is 1.73. The number of nitrogens with two attached hydrogens (primary N) is 1. The molecule has 0 spiro atoms. The molecule has 4 aliphatic carbocycles. The van der Waals surface area contributed by atoms with Gasteiger partial charge in [0, 0.05) is 11.6 Å². The van der Waals surface area contributed by atoms with E-state index in [2.05, 4.69) is 11.1 Å². The van der Waals surface area contributed by atoms with Crippen LogP contribution in [0.15, 0.2) is 12.3 Å². The van der Waals surface area contributed by atoms with Crippen LogP contribution in [-0.2, 0) is 5.41 Å². The lowest BCUT2D eigenvalue weighted by Gasteiger charge is -2.56. The van der Waals surface area contributed by atoms with E-state index in [9.17, 15) is 0 Å². The van der Waals surface area contributed by atoms with Crippen LogP contribution in [0.4, 0.5) is 0 Å². The van der Waals surface area contributed by atoms with Crippen molar-refractivity contribution in [1.82, 2.24) is 9.97 Å². The topological polar surface area (TPSA) is 51.8 Å². The predicted octanol–water partition coefficient (Wildman–Crippen LogP) is 2.96. The van der Waals surface area contributed by atoms with Gasteiger partial charge in [0.15, 0.2) is 0 Å². The molecule has 0 radical (unpaired) electrons. The molecule has 3 heteroatoms. The van der Waals surface area contributed by atoms with E-state index in [1.165, 1.54) is 44.2 Å². The van der Waals surface area contributed by atoms with Crippen LogP contribution in [0, 0.1) is 17.8 Å². The molecule has 2 N–H and O–H groups in total. The van der Waals surface area contributed by atoms with Gasteiger partial charge in [-0.25, -0.2) is 9.97 Å². The van der Waals surface area contributed by atoms with Crippen molar-refractivity contribution in [1.29, 1.82) is 0 Å². The number of rotatable bonds is 2. The van der Waals surface area contributed by atoms with Crippen molar-refractivity contribution < 1.29 is 0 Å². The van der Waals surface area contributed by atoms with Crippen molar-refractivity contribution in [2.24, 2.45) is 23.5 Å². The smallest absolute Gasteiger partial charge is 0.144 e. The van der Waals surface area contributed by atoms with Crippen LogP contribution in [0.3, 0.4) is 0 Å². The molecular weight excluding hydrogens is 234 g/mol. The van der Waals surface area contributed by atoms with E-state index in [1.807, 2.05) is 13.1 Å². The fraction of sp³-hybridized carbons (Fsp3) is 0.750. The minimum atomic E-state index is -0.0612. The third-order valence-corrected chi connectivity index (χ3v) is 5.66. The average Bonchev–Trinajstić information content (AvgIpc) is 2.37. The van der Waals surface area contributed by atoms with Crippen LogP contribution >= 0.6 is 0 Å². The van der Waals surface area contributed by atoms with Gasteiger partial charge in [-0.15, -0.1) is 0 Å². The molecule has 4 fully saturated rings. The van der Waals surface area contributed by atoms with E-state index in [0.29, 0.717) is 5.41 Å². The highest BCUT2D eigenvalue weighted by Gasteiger charge is 2.52. The Morgan fingerprint density at radius 2 is 1.74 bits per heavy atom. The molecule has 0 amide bonds. The molecular formula is C16H23N3. The van der Waals surface area contributed by atoms with Crippen molar-refractivity contribution in [2.45, 2.75) is 56.9 Å². The van der Waals surface area contributed by atoms with Crippen LogP contribution in [0.25, 0.3) is 0 Å². The van der Waals surface area contributed by atoms with Crippen LogP contribution in [0.2, 0.25) is 0 Å². The van der Waals surface area contributed by atoms with E-state index in [1.54, 1.807) is 0 Å². The molecule has 5 rings (SSSR count). The summed E-state index contributed by atoms with van der Waals surface area (Å²) in [5, 5.41) is 0. The zero-order chi connectivity index (χ0) is 13.0. The monoisotopic (exact) mass is 257 g/mol. The largest absolute Gasteiger partial charge is 0.322 e. The van der Waals surface area contributed by atoms with Gasteiger partial charge in [-0.3, -0.25) is 0 Å². The summed E-state index contributed by atoms with van der Waals surface area (Å²) in [7, 11) is 0. The van der Waals surface area contributed by atoms with Gasteiger partial charge in [-0.2, -0.15) is 0 Å². The van der Waals surface area contributed by atoms with E-state index in [4.69, 9.17) is 10.7 Å². The van der Waals surface area contributed by atoms with Gasteiger partial charge in [-0.05, 0) is 69.3 Å². The zero-order valence-electron chi connectivity index (χ0n) is 11.7. The van der Waals surface area contributed by atoms with E-state index < -0.39 is 0 Å². The second-order valence-corrected chi connectivity index (χ2v) is 7.29. The molecule has 0 aromatic carbocycles. The summed E-state index contributed by atoms with van der Waals surface area (Å²) in [5.74, 6) is 3.69. The molecule has 102 valence electrons. The minimum Gasteiger partial charge on any atom is -0.322 e. The molecule has 1 unspecified atom stereocenters. The predicted molar refractivity (Wildman–Crippen MR) is 74.5 cm³/mol. The van der Waals surface area contributed by atoms with Gasteiger partial charge >= 0.3 is 0 Å². The molecule has 19 heavy (non-hydrogen) atoms. The summed E-state index contributed by atoms with van der Waals surface area (Å²) < 4.78 is 0. The van der Waals surface area contributed by atoms with Crippen molar-refractivity contribution in [3.05, 3.63) is 23.8 Å². The number of aromatic nitrogens is 2. The summed E-state index contributed by atoms with van der Waals surface area (Å²) in [6.07, 6.45) is 10.4. The normalized spacial score (nSPS) is 41.5. The van der Waals surface area contributed by atoms with Gasteiger partial charge in [0.2, 0.25) is 0 Å². The summed E-state index contributed by atoms with van der Waals surface area (Å²) in [4.78, 5) is 9.16. The Morgan fingerprint density at radius 1 is 1.16 bits per heavy atom. The maximum absolute atomic E-state index is 5.95. The second-order valence-electron chi connectivity index (χ2n) is 7.29. The van der Waals surface area contributed by atoms with Crippen LogP contribution in [0.1, 0.15) is 63.0 Å². The Morgan fingerprint density at radius 3 is 2.26 bits per heavy atom. The lowest BCUT2D eigenvalue weighted by atomic mass is 9.49. The van der Waals surface area contributed by atoms with Gasteiger partial charge in [-0.1, -0.05) is 0 Å². The highest BCUT2D eigenvalue weighted by Crippen LogP contribution is 2.60. The van der Waals surface area contributed by atoms with E-state index in [0.717, 1.165) is 23.6 Å². The number of hydrogen-bond donors (Lipinski definition) is 1. The summed E-state index contributed by atoms with van der Waals surface area (Å²) in [5.41, 5.74) is 7.60. The molecule has 1 atom stereocenters. The molecule has 0 aliphatic heterocycles. The van der Waals surface area contributed by atoms with E-state index >= 15 is 0 Å². The zero-order valence-corrected chi connectivity index (χ0v) is 11.7. The lowest BCUT2D eigenvalue weighted by molar-refractivity contribution is -0.00738. The summed E-state index contributed by atoms with van der Waals surface area (Å²) >= 11 is 0. The highest BCUT2D eigenvalue weighted by molar-refractivity contribution is 5.22. The molecule has 3 nitrogen and oxygen atoms in total. The molecule has 1 heterocycles. The van der Waals surface area contributed by atoms with Crippen LogP contribution in [0.5, 0.6) is 0 Å². The minimum absolute atomic E-state index is 0.0612. The fourth-order valence-corrected chi connectivity index (χ4v) is 5.31.